The lowest BCUT2D eigenvalue weighted by molar-refractivity contribution is 0.785. The third-order valence-electron chi connectivity index (χ3n) is 3.76. The van der Waals surface area contributed by atoms with Crippen LogP contribution < -0.4 is 5.32 Å². The van der Waals surface area contributed by atoms with Crippen molar-refractivity contribution >= 4 is 16.9 Å². The van der Waals surface area contributed by atoms with Gasteiger partial charge < -0.3 is 5.32 Å². The minimum Gasteiger partial charge on any atom is -0.365 e. The van der Waals surface area contributed by atoms with Crippen molar-refractivity contribution < 1.29 is 0 Å². The van der Waals surface area contributed by atoms with E-state index in [4.69, 9.17) is 0 Å². The number of aromatic amines is 1. The average Bonchev–Trinajstić information content (AvgIpc) is 3.24. The van der Waals surface area contributed by atoms with Gasteiger partial charge in [0.2, 0.25) is 0 Å². The summed E-state index contributed by atoms with van der Waals surface area (Å²) in [5.41, 5.74) is 4.11. The highest BCUT2D eigenvalue weighted by molar-refractivity contribution is 5.85. The Hall–Kier alpha value is -3.22. The summed E-state index contributed by atoms with van der Waals surface area (Å²) >= 11 is 0. The van der Waals surface area contributed by atoms with Gasteiger partial charge in [0.1, 0.15) is 12.1 Å². The van der Waals surface area contributed by atoms with Gasteiger partial charge in [0.25, 0.3) is 0 Å². The Morgan fingerprint density at radius 1 is 1.13 bits per heavy atom. The Kier molecular flexibility index (Phi) is 3.23. The van der Waals surface area contributed by atoms with Crippen molar-refractivity contribution in [3.8, 4) is 11.3 Å². The number of benzene rings is 1. The molecule has 0 amide bonds. The normalized spacial score (nSPS) is 11.0. The van der Waals surface area contributed by atoms with Crippen LogP contribution in [0.25, 0.3) is 22.3 Å². The zero-order valence-corrected chi connectivity index (χ0v) is 12.6. The van der Waals surface area contributed by atoms with Gasteiger partial charge in [-0.05, 0) is 17.2 Å². The van der Waals surface area contributed by atoms with Gasteiger partial charge in [-0.3, -0.25) is 9.78 Å². The fourth-order valence-electron chi connectivity index (χ4n) is 2.51. The Bertz CT molecular complexity index is 923. The van der Waals surface area contributed by atoms with E-state index in [-0.39, 0.29) is 0 Å². The summed E-state index contributed by atoms with van der Waals surface area (Å²) in [5, 5.41) is 15.4. The van der Waals surface area contributed by atoms with Crippen LogP contribution in [0.2, 0.25) is 0 Å². The maximum atomic E-state index is 4.30. The van der Waals surface area contributed by atoms with E-state index in [1.54, 1.807) is 23.4 Å². The highest BCUT2D eigenvalue weighted by Gasteiger charge is 2.07. The third kappa shape index (κ3) is 2.52. The van der Waals surface area contributed by atoms with Crippen LogP contribution in [0.5, 0.6) is 0 Å². The number of aryl methyl sites for hydroxylation is 1. The molecular formula is C16H15N7. The molecule has 114 valence electrons. The molecule has 0 atom stereocenters. The van der Waals surface area contributed by atoms with Crippen LogP contribution in [0.15, 0.2) is 49.1 Å². The monoisotopic (exact) mass is 305 g/mol. The molecular weight excluding hydrogens is 290 g/mol. The summed E-state index contributed by atoms with van der Waals surface area (Å²) in [6.07, 6.45) is 5.08. The van der Waals surface area contributed by atoms with E-state index in [1.807, 2.05) is 13.1 Å². The van der Waals surface area contributed by atoms with E-state index in [9.17, 15) is 0 Å². The largest absolute Gasteiger partial charge is 0.365 e. The highest BCUT2D eigenvalue weighted by Crippen LogP contribution is 2.20. The van der Waals surface area contributed by atoms with E-state index in [1.165, 1.54) is 5.56 Å². The molecule has 3 aromatic heterocycles. The predicted octanol–water partition coefficient (Wildman–Crippen LogP) is 2.37. The molecule has 4 aromatic rings. The van der Waals surface area contributed by atoms with Crippen LogP contribution in [0.4, 0.5) is 5.82 Å². The first-order valence-corrected chi connectivity index (χ1v) is 7.26. The van der Waals surface area contributed by atoms with E-state index in [0.29, 0.717) is 6.54 Å². The summed E-state index contributed by atoms with van der Waals surface area (Å²) in [6, 6.07) is 10.3. The van der Waals surface area contributed by atoms with Gasteiger partial charge in [0.15, 0.2) is 5.65 Å². The molecule has 0 aliphatic carbocycles. The van der Waals surface area contributed by atoms with Crippen molar-refractivity contribution in [1.29, 1.82) is 0 Å². The maximum absolute atomic E-state index is 4.30. The topological polar surface area (TPSA) is 84.3 Å². The van der Waals surface area contributed by atoms with Gasteiger partial charge in [0, 0.05) is 19.8 Å². The van der Waals surface area contributed by atoms with Gasteiger partial charge in [-0.15, -0.1) is 0 Å². The molecule has 0 aliphatic rings. The van der Waals surface area contributed by atoms with E-state index < -0.39 is 0 Å². The summed E-state index contributed by atoms with van der Waals surface area (Å²) < 4.78 is 1.74. The Labute approximate surface area is 132 Å². The summed E-state index contributed by atoms with van der Waals surface area (Å²) in [5.74, 6) is 0.792. The molecule has 7 heteroatoms. The van der Waals surface area contributed by atoms with Gasteiger partial charge in [-0.25, -0.2) is 9.97 Å². The van der Waals surface area contributed by atoms with Crippen LogP contribution in [0.1, 0.15) is 5.56 Å². The molecule has 0 fully saturated rings. The third-order valence-corrected chi connectivity index (χ3v) is 3.76. The van der Waals surface area contributed by atoms with E-state index >= 15 is 0 Å². The highest BCUT2D eigenvalue weighted by atomic mass is 15.3. The minimum atomic E-state index is 0.685. The smallest absolute Gasteiger partial charge is 0.163 e. The van der Waals surface area contributed by atoms with Crippen LogP contribution in [0, 0.1) is 0 Å². The zero-order valence-electron chi connectivity index (χ0n) is 12.6. The molecule has 0 radical (unpaired) electrons. The quantitative estimate of drug-likeness (QED) is 0.604. The molecule has 0 spiro atoms. The predicted molar refractivity (Wildman–Crippen MR) is 87.7 cm³/mol. The minimum absolute atomic E-state index is 0.685. The number of rotatable bonds is 4. The second kappa shape index (κ2) is 5.53. The number of nitrogens with zero attached hydrogens (tertiary/aromatic N) is 5. The molecule has 0 unspecified atom stereocenters. The number of fused-ring (bicyclic) bond motifs is 1. The van der Waals surface area contributed by atoms with Crippen LogP contribution in [0.3, 0.4) is 0 Å². The molecule has 23 heavy (non-hydrogen) atoms. The number of anilines is 1. The molecule has 3 heterocycles. The second-order valence-electron chi connectivity index (χ2n) is 5.25. The summed E-state index contributed by atoms with van der Waals surface area (Å²) in [4.78, 5) is 8.54. The molecule has 1 aromatic carbocycles. The lowest BCUT2D eigenvalue weighted by atomic mass is 10.1. The van der Waals surface area contributed by atoms with Crippen LogP contribution in [-0.2, 0) is 13.6 Å². The van der Waals surface area contributed by atoms with Crippen molar-refractivity contribution in [1.82, 2.24) is 29.9 Å². The Balaban J connectivity index is 1.52. The first-order chi connectivity index (χ1) is 11.3. The van der Waals surface area contributed by atoms with Gasteiger partial charge in [-0.2, -0.15) is 10.2 Å². The summed E-state index contributed by atoms with van der Waals surface area (Å²) in [6.45, 7) is 0.685. The standard InChI is InChI=1S/C16H15N7/c1-23-16-13(9-21-23)15(18-10-19-16)17-8-11-2-4-12(5-3-11)14-6-7-20-22-14/h2-7,9-10H,8H2,1H3,(H,20,22)(H,17,18,19). The van der Waals surface area contributed by atoms with Crippen molar-refractivity contribution in [2.75, 3.05) is 5.32 Å². The van der Waals surface area contributed by atoms with Gasteiger partial charge >= 0.3 is 0 Å². The Morgan fingerprint density at radius 2 is 2.00 bits per heavy atom. The van der Waals surface area contributed by atoms with Crippen molar-refractivity contribution in [3.63, 3.8) is 0 Å². The van der Waals surface area contributed by atoms with Crippen LogP contribution in [-0.4, -0.2) is 29.9 Å². The number of hydrogen-bond acceptors (Lipinski definition) is 5. The number of nitrogens with one attached hydrogen (secondary N) is 2. The molecule has 4 rings (SSSR count). The number of aromatic nitrogens is 6. The molecule has 0 saturated heterocycles. The number of H-pyrrole nitrogens is 1. The molecule has 2 N–H and O–H groups in total. The lowest BCUT2D eigenvalue weighted by Crippen LogP contribution is -2.02. The van der Waals surface area contributed by atoms with Crippen molar-refractivity contribution in [2.24, 2.45) is 7.05 Å². The van der Waals surface area contributed by atoms with Gasteiger partial charge in [-0.1, -0.05) is 24.3 Å². The maximum Gasteiger partial charge on any atom is 0.163 e. The van der Waals surface area contributed by atoms with Crippen LogP contribution >= 0.6 is 0 Å². The van der Waals surface area contributed by atoms with Crippen molar-refractivity contribution in [3.05, 3.63) is 54.6 Å². The molecule has 0 saturated carbocycles. The number of hydrogen-bond donors (Lipinski definition) is 2. The zero-order chi connectivity index (χ0) is 15.6. The van der Waals surface area contributed by atoms with Gasteiger partial charge in [0.05, 0.1) is 17.3 Å². The van der Waals surface area contributed by atoms with Crippen molar-refractivity contribution in [2.45, 2.75) is 6.54 Å². The molecule has 0 bridgehead atoms. The SMILES string of the molecule is Cn1ncc2c(NCc3ccc(-c4ccn[nH]4)cc3)ncnc21. The molecule has 7 nitrogen and oxygen atoms in total. The fraction of sp³-hybridized carbons (Fsp3) is 0.125. The first kappa shape index (κ1) is 13.4. The lowest BCUT2D eigenvalue weighted by Gasteiger charge is -2.07. The second-order valence-corrected chi connectivity index (χ2v) is 5.25. The Morgan fingerprint density at radius 3 is 2.78 bits per heavy atom. The summed E-state index contributed by atoms with van der Waals surface area (Å²) in [7, 11) is 1.87. The van der Waals surface area contributed by atoms with E-state index in [2.05, 4.69) is 54.8 Å². The molecule has 0 aliphatic heterocycles. The fourth-order valence-corrected chi connectivity index (χ4v) is 2.51. The van der Waals surface area contributed by atoms with E-state index in [0.717, 1.165) is 28.1 Å². The average molecular weight is 305 g/mol. The first-order valence-electron chi connectivity index (χ1n) is 7.26.